The Morgan fingerprint density at radius 2 is 1.76 bits per heavy atom. The first-order valence-corrected chi connectivity index (χ1v) is 12.3. The lowest BCUT2D eigenvalue weighted by Gasteiger charge is -2.19. The molecule has 1 heterocycles. The highest BCUT2D eigenvalue weighted by atomic mass is 35.5. The van der Waals surface area contributed by atoms with Crippen LogP contribution in [-0.2, 0) is 14.9 Å². The van der Waals surface area contributed by atoms with Crippen LogP contribution in [0, 0.1) is 6.92 Å². The molecular formula is C30H28ClNO5. The molecule has 7 heteroatoms. The van der Waals surface area contributed by atoms with Crippen molar-refractivity contribution in [2.24, 2.45) is 4.99 Å². The Labute approximate surface area is 221 Å². The first-order valence-electron chi connectivity index (χ1n) is 11.9. The van der Waals surface area contributed by atoms with E-state index in [2.05, 4.69) is 25.8 Å². The average Bonchev–Trinajstić information content (AvgIpc) is 3.22. The standard InChI is InChI=1S/C30H28ClNO5/c1-6-35-26-16-19(15-24-29(34)37-27(32-24)21-9-7-18(2)23(31)17-21)8-14-25(26)36-28(33)20-10-12-22(13-11-20)30(3,4)5/h7-17H,6H2,1-5H3/b24-15-. The maximum Gasteiger partial charge on any atom is 0.363 e. The fraction of sp³-hybridized carbons (Fsp3) is 0.233. The molecule has 0 atom stereocenters. The van der Waals surface area contributed by atoms with E-state index in [-0.39, 0.29) is 22.8 Å². The normalized spacial score (nSPS) is 14.4. The zero-order valence-corrected chi connectivity index (χ0v) is 22.2. The van der Waals surface area contributed by atoms with E-state index in [1.165, 1.54) is 0 Å². The molecule has 4 rings (SSSR count). The van der Waals surface area contributed by atoms with Crippen molar-refractivity contribution >= 4 is 35.5 Å². The van der Waals surface area contributed by atoms with E-state index in [9.17, 15) is 9.59 Å². The Bertz CT molecular complexity index is 1410. The fourth-order valence-corrected chi connectivity index (χ4v) is 3.83. The summed E-state index contributed by atoms with van der Waals surface area (Å²) in [6.07, 6.45) is 1.59. The molecule has 0 radical (unpaired) electrons. The molecule has 0 N–H and O–H groups in total. The minimum atomic E-state index is -0.570. The van der Waals surface area contributed by atoms with Crippen molar-refractivity contribution in [2.45, 2.75) is 40.0 Å². The Kier molecular flexibility index (Phi) is 7.50. The second-order valence-corrected chi connectivity index (χ2v) is 10.1. The van der Waals surface area contributed by atoms with Crippen LogP contribution in [0.25, 0.3) is 6.08 Å². The summed E-state index contributed by atoms with van der Waals surface area (Å²) in [4.78, 5) is 29.6. The molecule has 0 amide bonds. The van der Waals surface area contributed by atoms with Gasteiger partial charge < -0.3 is 14.2 Å². The minimum absolute atomic E-state index is 0.0152. The van der Waals surface area contributed by atoms with Crippen LogP contribution < -0.4 is 9.47 Å². The minimum Gasteiger partial charge on any atom is -0.490 e. The smallest absolute Gasteiger partial charge is 0.363 e. The van der Waals surface area contributed by atoms with E-state index in [0.717, 1.165) is 11.1 Å². The maximum atomic E-state index is 12.8. The fourth-order valence-electron chi connectivity index (χ4n) is 3.65. The van der Waals surface area contributed by atoms with Crippen LogP contribution in [0.2, 0.25) is 5.02 Å². The predicted octanol–water partition coefficient (Wildman–Crippen LogP) is 6.91. The van der Waals surface area contributed by atoms with Gasteiger partial charge in [0.05, 0.1) is 12.2 Å². The molecular weight excluding hydrogens is 490 g/mol. The van der Waals surface area contributed by atoms with E-state index in [0.29, 0.717) is 34.1 Å². The van der Waals surface area contributed by atoms with Crippen LogP contribution in [0.4, 0.5) is 0 Å². The number of hydrogen-bond acceptors (Lipinski definition) is 6. The molecule has 37 heavy (non-hydrogen) atoms. The number of benzene rings is 3. The van der Waals surface area contributed by atoms with E-state index in [4.69, 9.17) is 25.8 Å². The first-order chi connectivity index (χ1) is 17.5. The molecule has 3 aromatic rings. The second kappa shape index (κ2) is 10.6. The zero-order valence-electron chi connectivity index (χ0n) is 21.4. The summed E-state index contributed by atoms with van der Waals surface area (Å²) in [6, 6.07) is 17.7. The number of halogens is 1. The molecule has 6 nitrogen and oxygen atoms in total. The third-order valence-electron chi connectivity index (χ3n) is 5.80. The molecule has 0 saturated heterocycles. The summed E-state index contributed by atoms with van der Waals surface area (Å²) >= 11 is 6.20. The summed E-state index contributed by atoms with van der Waals surface area (Å²) < 4.78 is 16.7. The van der Waals surface area contributed by atoms with Crippen LogP contribution in [0.5, 0.6) is 11.5 Å². The molecule has 0 aromatic heterocycles. The van der Waals surface area contributed by atoms with Gasteiger partial charge in [0.2, 0.25) is 5.90 Å². The average molecular weight is 518 g/mol. The lowest BCUT2D eigenvalue weighted by atomic mass is 9.87. The molecule has 0 saturated carbocycles. The van der Waals surface area contributed by atoms with Gasteiger partial charge in [-0.1, -0.05) is 56.6 Å². The molecule has 0 bridgehead atoms. The first kappa shape index (κ1) is 26.2. The number of carbonyl (C=O) groups is 2. The number of aliphatic imine (C=N–C) groups is 1. The number of esters is 2. The third-order valence-corrected chi connectivity index (χ3v) is 6.21. The predicted molar refractivity (Wildman–Crippen MR) is 145 cm³/mol. The molecule has 1 aliphatic heterocycles. The van der Waals surface area contributed by atoms with Crippen LogP contribution in [0.1, 0.15) is 60.3 Å². The van der Waals surface area contributed by atoms with Crippen molar-refractivity contribution < 1.29 is 23.8 Å². The number of aryl methyl sites for hydroxylation is 1. The highest BCUT2D eigenvalue weighted by Crippen LogP contribution is 2.31. The molecule has 0 aliphatic carbocycles. The van der Waals surface area contributed by atoms with Gasteiger partial charge in [-0.05, 0) is 78.4 Å². The van der Waals surface area contributed by atoms with Gasteiger partial charge in [0.25, 0.3) is 0 Å². The summed E-state index contributed by atoms with van der Waals surface area (Å²) in [5.74, 6) is -0.221. The monoisotopic (exact) mass is 517 g/mol. The van der Waals surface area contributed by atoms with E-state index < -0.39 is 11.9 Å². The SMILES string of the molecule is CCOc1cc(/C=C2\N=C(c3ccc(C)c(Cl)c3)OC2=O)ccc1OC(=O)c1ccc(C(C)(C)C)cc1. The largest absolute Gasteiger partial charge is 0.490 e. The van der Waals surface area contributed by atoms with Crippen LogP contribution in [0.3, 0.4) is 0 Å². The van der Waals surface area contributed by atoms with Gasteiger partial charge in [-0.25, -0.2) is 14.6 Å². The molecule has 0 unspecified atom stereocenters. The van der Waals surface area contributed by atoms with Crippen molar-refractivity contribution in [1.29, 1.82) is 0 Å². The van der Waals surface area contributed by atoms with Gasteiger partial charge in [-0.2, -0.15) is 0 Å². The zero-order chi connectivity index (χ0) is 26.7. The summed E-state index contributed by atoms with van der Waals surface area (Å²) in [5.41, 5.74) is 3.84. The Hall–Kier alpha value is -3.90. The van der Waals surface area contributed by atoms with Gasteiger partial charge in [0, 0.05) is 10.6 Å². The Morgan fingerprint density at radius 3 is 2.41 bits per heavy atom. The second-order valence-electron chi connectivity index (χ2n) is 9.66. The van der Waals surface area contributed by atoms with Gasteiger partial charge >= 0.3 is 11.9 Å². The quantitative estimate of drug-likeness (QED) is 0.202. The number of carbonyl (C=O) groups excluding carboxylic acids is 2. The highest BCUT2D eigenvalue weighted by Gasteiger charge is 2.25. The number of ether oxygens (including phenoxy) is 3. The Balaban J connectivity index is 1.56. The van der Waals surface area contributed by atoms with Crippen LogP contribution >= 0.6 is 11.6 Å². The molecule has 0 spiro atoms. The third kappa shape index (κ3) is 6.09. The number of rotatable bonds is 6. The van der Waals surface area contributed by atoms with E-state index in [1.807, 2.05) is 32.0 Å². The topological polar surface area (TPSA) is 74.2 Å². The van der Waals surface area contributed by atoms with Gasteiger partial charge in [-0.3, -0.25) is 0 Å². The number of nitrogens with zero attached hydrogens (tertiary/aromatic N) is 1. The van der Waals surface area contributed by atoms with Crippen molar-refractivity contribution in [3.05, 3.63) is 99.2 Å². The molecule has 3 aromatic carbocycles. The van der Waals surface area contributed by atoms with Crippen LogP contribution in [-0.4, -0.2) is 24.4 Å². The van der Waals surface area contributed by atoms with E-state index in [1.54, 1.807) is 48.5 Å². The van der Waals surface area contributed by atoms with E-state index >= 15 is 0 Å². The highest BCUT2D eigenvalue weighted by molar-refractivity contribution is 6.31. The van der Waals surface area contributed by atoms with Gasteiger partial charge in [-0.15, -0.1) is 0 Å². The number of cyclic esters (lactones) is 1. The maximum absolute atomic E-state index is 12.8. The van der Waals surface area contributed by atoms with Crippen molar-refractivity contribution in [3.63, 3.8) is 0 Å². The summed E-state index contributed by atoms with van der Waals surface area (Å²) in [6.45, 7) is 10.4. The number of hydrogen-bond donors (Lipinski definition) is 0. The summed E-state index contributed by atoms with van der Waals surface area (Å²) in [7, 11) is 0. The summed E-state index contributed by atoms with van der Waals surface area (Å²) in [5, 5.41) is 0.560. The van der Waals surface area contributed by atoms with Gasteiger partial charge in [0.1, 0.15) is 0 Å². The van der Waals surface area contributed by atoms with Crippen molar-refractivity contribution in [3.8, 4) is 11.5 Å². The Morgan fingerprint density at radius 1 is 1.03 bits per heavy atom. The van der Waals surface area contributed by atoms with Crippen molar-refractivity contribution in [2.75, 3.05) is 6.61 Å². The van der Waals surface area contributed by atoms with Gasteiger partial charge in [0.15, 0.2) is 17.2 Å². The lowest BCUT2D eigenvalue weighted by Crippen LogP contribution is -2.13. The lowest BCUT2D eigenvalue weighted by molar-refractivity contribution is -0.129. The van der Waals surface area contributed by atoms with Crippen molar-refractivity contribution in [1.82, 2.24) is 0 Å². The molecule has 0 fully saturated rings. The molecule has 1 aliphatic rings. The molecule has 190 valence electrons. The van der Waals surface area contributed by atoms with Crippen LogP contribution in [0.15, 0.2) is 71.4 Å².